The summed E-state index contributed by atoms with van der Waals surface area (Å²) in [6.07, 6.45) is 0.448. The van der Waals surface area contributed by atoms with E-state index in [0.29, 0.717) is 12.1 Å². The average Bonchev–Trinajstić information content (AvgIpc) is 2.75. The first-order chi connectivity index (χ1) is 9.56. The first-order valence-corrected chi connectivity index (χ1v) is 6.06. The van der Waals surface area contributed by atoms with Gasteiger partial charge in [0.1, 0.15) is 11.4 Å². The number of H-pyrrole nitrogens is 1. The summed E-state index contributed by atoms with van der Waals surface area (Å²) in [6, 6.07) is 7.44. The van der Waals surface area contributed by atoms with Gasteiger partial charge in [-0.15, -0.1) is 0 Å². The number of benzene rings is 1. The maximum absolute atomic E-state index is 11.7. The van der Waals surface area contributed by atoms with Gasteiger partial charge in [-0.05, 0) is 17.7 Å². The number of rotatable bonds is 4. The Labute approximate surface area is 116 Å². The second kappa shape index (κ2) is 5.64. The maximum Gasteiger partial charge on any atom is 0.356 e. The minimum Gasteiger partial charge on any atom is -0.497 e. The smallest absolute Gasteiger partial charge is 0.356 e. The van der Waals surface area contributed by atoms with Crippen molar-refractivity contribution in [3.8, 4) is 5.75 Å². The van der Waals surface area contributed by atoms with E-state index in [1.54, 1.807) is 14.2 Å². The molecule has 2 aromatic rings. The van der Waals surface area contributed by atoms with Crippen molar-refractivity contribution in [3.63, 3.8) is 0 Å². The van der Waals surface area contributed by atoms with Crippen LogP contribution in [-0.4, -0.2) is 29.7 Å². The number of aromatic amines is 1. The molecule has 0 atom stereocenters. The summed E-state index contributed by atoms with van der Waals surface area (Å²) in [5.41, 5.74) is 1.40. The fraction of sp³-hybridized carbons (Fsp3) is 0.286. The van der Waals surface area contributed by atoms with E-state index in [1.165, 1.54) is 11.7 Å². The van der Waals surface area contributed by atoms with Gasteiger partial charge in [0.05, 0.1) is 19.9 Å². The van der Waals surface area contributed by atoms with E-state index in [1.807, 2.05) is 24.3 Å². The molecule has 0 fully saturated rings. The number of imidazole rings is 1. The largest absolute Gasteiger partial charge is 0.497 e. The Hall–Kier alpha value is -2.50. The zero-order chi connectivity index (χ0) is 14.7. The second-order valence-corrected chi connectivity index (χ2v) is 4.33. The first-order valence-electron chi connectivity index (χ1n) is 6.06. The Bertz CT molecular complexity index is 667. The van der Waals surface area contributed by atoms with Gasteiger partial charge in [-0.2, -0.15) is 0 Å². The van der Waals surface area contributed by atoms with Gasteiger partial charge in [-0.25, -0.2) is 9.59 Å². The van der Waals surface area contributed by atoms with Crippen LogP contribution >= 0.6 is 0 Å². The van der Waals surface area contributed by atoms with Crippen molar-refractivity contribution in [1.82, 2.24) is 9.55 Å². The topological polar surface area (TPSA) is 73.3 Å². The number of hydrogen-bond donors (Lipinski definition) is 1. The molecule has 0 unspecified atom stereocenters. The van der Waals surface area contributed by atoms with Crippen LogP contribution in [0, 0.1) is 0 Å². The second-order valence-electron chi connectivity index (χ2n) is 4.33. The lowest BCUT2D eigenvalue weighted by Crippen LogP contribution is -2.14. The molecule has 0 aliphatic carbocycles. The van der Waals surface area contributed by atoms with E-state index in [-0.39, 0.29) is 11.4 Å². The summed E-state index contributed by atoms with van der Waals surface area (Å²) >= 11 is 0. The van der Waals surface area contributed by atoms with Crippen molar-refractivity contribution in [1.29, 1.82) is 0 Å². The molecule has 1 heterocycles. The van der Waals surface area contributed by atoms with E-state index in [4.69, 9.17) is 4.74 Å². The number of ether oxygens (including phenoxy) is 2. The molecular weight excluding hydrogens is 260 g/mol. The lowest BCUT2D eigenvalue weighted by Gasteiger charge is -2.06. The third-order valence-corrected chi connectivity index (χ3v) is 3.15. The Morgan fingerprint density at radius 3 is 2.45 bits per heavy atom. The van der Waals surface area contributed by atoms with Gasteiger partial charge in [-0.1, -0.05) is 12.1 Å². The highest BCUT2D eigenvalue weighted by Crippen LogP contribution is 2.16. The summed E-state index contributed by atoms with van der Waals surface area (Å²) in [5, 5.41) is 0. The van der Waals surface area contributed by atoms with Crippen LogP contribution in [0.2, 0.25) is 0 Å². The monoisotopic (exact) mass is 276 g/mol. The van der Waals surface area contributed by atoms with Crippen LogP contribution in [0.1, 0.15) is 21.7 Å². The third kappa shape index (κ3) is 2.59. The van der Waals surface area contributed by atoms with Gasteiger partial charge >= 0.3 is 11.7 Å². The molecule has 1 aromatic carbocycles. The lowest BCUT2D eigenvalue weighted by atomic mass is 10.1. The molecule has 0 bridgehead atoms. The van der Waals surface area contributed by atoms with Crippen LogP contribution in [0.25, 0.3) is 0 Å². The summed E-state index contributed by atoms with van der Waals surface area (Å²) in [4.78, 5) is 25.8. The van der Waals surface area contributed by atoms with Gasteiger partial charge in [0, 0.05) is 13.5 Å². The molecular formula is C14H16N2O4. The van der Waals surface area contributed by atoms with Gasteiger partial charge in [0.2, 0.25) is 0 Å². The van der Waals surface area contributed by atoms with E-state index in [0.717, 1.165) is 11.3 Å². The van der Waals surface area contributed by atoms with Crippen molar-refractivity contribution in [2.75, 3.05) is 14.2 Å². The highest BCUT2D eigenvalue weighted by Gasteiger charge is 2.18. The SMILES string of the molecule is COC(=O)c1[nH]c(=O)n(C)c1Cc1ccc(OC)cc1. The Kier molecular flexibility index (Phi) is 3.93. The average molecular weight is 276 g/mol. The number of methoxy groups -OCH3 is 2. The number of aromatic nitrogens is 2. The highest BCUT2D eigenvalue weighted by atomic mass is 16.5. The quantitative estimate of drug-likeness (QED) is 0.849. The Morgan fingerprint density at radius 2 is 1.90 bits per heavy atom. The molecule has 106 valence electrons. The standard InChI is InChI=1S/C14H16N2O4/c1-16-11(12(13(17)20-3)15-14(16)18)8-9-4-6-10(19-2)7-5-9/h4-7H,8H2,1-3H3,(H,15,18). The van der Waals surface area contributed by atoms with Crippen LogP contribution in [0.5, 0.6) is 5.75 Å². The molecule has 6 nitrogen and oxygen atoms in total. The molecule has 20 heavy (non-hydrogen) atoms. The predicted octanol–water partition coefficient (Wildman–Crippen LogP) is 1.10. The molecule has 2 rings (SSSR count). The van der Waals surface area contributed by atoms with Crippen molar-refractivity contribution in [2.24, 2.45) is 7.05 Å². The fourth-order valence-corrected chi connectivity index (χ4v) is 1.97. The zero-order valence-corrected chi connectivity index (χ0v) is 11.6. The van der Waals surface area contributed by atoms with Crippen LogP contribution in [0.15, 0.2) is 29.1 Å². The first kappa shape index (κ1) is 13.9. The highest BCUT2D eigenvalue weighted by molar-refractivity contribution is 5.88. The van der Waals surface area contributed by atoms with E-state index >= 15 is 0 Å². The minimum absolute atomic E-state index is 0.191. The number of esters is 1. The molecule has 0 amide bonds. The summed E-state index contributed by atoms with van der Waals surface area (Å²) < 4.78 is 11.2. The molecule has 0 spiro atoms. The molecule has 0 aliphatic heterocycles. The van der Waals surface area contributed by atoms with E-state index < -0.39 is 5.97 Å². The molecule has 6 heteroatoms. The Balaban J connectivity index is 2.36. The molecule has 1 N–H and O–H groups in total. The van der Waals surface area contributed by atoms with Crippen molar-refractivity contribution < 1.29 is 14.3 Å². The summed E-state index contributed by atoms with van der Waals surface area (Å²) in [7, 11) is 4.50. The van der Waals surface area contributed by atoms with Gasteiger partial charge in [0.15, 0.2) is 0 Å². The molecule has 0 radical (unpaired) electrons. The number of nitrogens with zero attached hydrogens (tertiary/aromatic N) is 1. The maximum atomic E-state index is 11.7. The zero-order valence-electron chi connectivity index (χ0n) is 11.6. The van der Waals surface area contributed by atoms with Crippen molar-refractivity contribution in [2.45, 2.75) is 6.42 Å². The minimum atomic E-state index is -0.550. The third-order valence-electron chi connectivity index (χ3n) is 3.15. The summed E-state index contributed by atoms with van der Waals surface area (Å²) in [5.74, 6) is 0.205. The molecule has 0 saturated carbocycles. The summed E-state index contributed by atoms with van der Waals surface area (Å²) in [6.45, 7) is 0. The normalized spacial score (nSPS) is 10.3. The molecule has 0 saturated heterocycles. The van der Waals surface area contributed by atoms with Crippen LogP contribution in [0.3, 0.4) is 0 Å². The van der Waals surface area contributed by atoms with E-state index in [9.17, 15) is 9.59 Å². The van der Waals surface area contributed by atoms with Crippen molar-refractivity contribution >= 4 is 5.97 Å². The van der Waals surface area contributed by atoms with Crippen LogP contribution in [-0.2, 0) is 18.2 Å². The predicted molar refractivity (Wildman–Crippen MR) is 73.2 cm³/mol. The lowest BCUT2D eigenvalue weighted by molar-refractivity contribution is 0.0593. The number of hydrogen-bond acceptors (Lipinski definition) is 4. The Morgan fingerprint density at radius 1 is 1.25 bits per heavy atom. The van der Waals surface area contributed by atoms with Gasteiger partial charge in [-0.3, -0.25) is 9.55 Å². The number of carbonyl (C=O) groups excluding carboxylic acids is 1. The number of nitrogens with one attached hydrogen (secondary N) is 1. The van der Waals surface area contributed by atoms with Crippen LogP contribution < -0.4 is 10.4 Å². The fourth-order valence-electron chi connectivity index (χ4n) is 1.97. The van der Waals surface area contributed by atoms with Crippen molar-refractivity contribution in [3.05, 3.63) is 51.7 Å². The van der Waals surface area contributed by atoms with Gasteiger partial charge < -0.3 is 9.47 Å². The molecule has 0 aliphatic rings. The van der Waals surface area contributed by atoms with Gasteiger partial charge in [0.25, 0.3) is 0 Å². The molecule has 1 aromatic heterocycles. The van der Waals surface area contributed by atoms with Crippen LogP contribution in [0.4, 0.5) is 0 Å². The number of carbonyl (C=O) groups is 1. The van der Waals surface area contributed by atoms with E-state index in [2.05, 4.69) is 9.72 Å².